The molecule has 1 saturated heterocycles. The number of aromatic nitrogens is 4. The maximum Gasteiger partial charge on any atom is 0.288 e. The van der Waals surface area contributed by atoms with Crippen molar-refractivity contribution in [2.24, 2.45) is 5.92 Å². The lowest BCUT2D eigenvalue weighted by atomic mass is 9.92. The average Bonchev–Trinajstić information content (AvgIpc) is 3.27. The van der Waals surface area contributed by atoms with Gasteiger partial charge >= 0.3 is 0 Å². The summed E-state index contributed by atoms with van der Waals surface area (Å²) in [6.45, 7) is 8.71. The number of methoxy groups -OCH3 is 1. The normalized spacial score (nSPS) is 14.3. The third-order valence-electron chi connectivity index (χ3n) is 5.33. The average molecular weight is 404 g/mol. The molecule has 3 heterocycles. The van der Waals surface area contributed by atoms with Gasteiger partial charge in [-0.25, -0.2) is 4.98 Å². The number of nitrogens with zero attached hydrogens (tertiary/aromatic N) is 4. The quantitative estimate of drug-likeness (QED) is 0.563. The fourth-order valence-corrected chi connectivity index (χ4v) is 3.62. The first-order valence-electron chi connectivity index (χ1n) is 10.0. The van der Waals surface area contributed by atoms with Gasteiger partial charge in [0, 0.05) is 24.8 Å². The monoisotopic (exact) mass is 404 g/mol. The van der Waals surface area contributed by atoms with E-state index in [9.17, 15) is 0 Å². The molecule has 0 saturated carbocycles. The molecule has 8 heteroatoms. The molecule has 0 amide bonds. The predicted octanol–water partition coefficient (Wildman–Crippen LogP) is 4.53. The molecule has 0 bridgehead atoms. The van der Waals surface area contributed by atoms with Crippen LogP contribution < -0.4 is 10.1 Å². The number of aryl methyl sites for hydroxylation is 1. The molecule has 30 heavy (non-hydrogen) atoms. The second-order valence-electron chi connectivity index (χ2n) is 7.29. The van der Waals surface area contributed by atoms with Gasteiger partial charge in [0.25, 0.3) is 5.82 Å². The van der Waals surface area contributed by atoms with Gasteiger partial charge in [0.2, 0.25) is 0 Å². The zero-order valence-corrected chi connectivity index (χ0v) is 16.9. The van der Waals surface area contributed by atoms with E-state index in [-0.39, 0.29) is 5.82 Å². The Morgan fingerprint density at radius 3 is 2.80 bits per heavy atom. The highest BCUT2D eigenvalue weighted by molar-refractivity contribution is 5.71. The third-order valence-corrected chi connectivity index (χ3v) is 5.33. The molecule has 2 aromatic heterocycles. The lowest BCUT2D eigenvalue weighted by molar-refractivity contribution is 0.0640. The number of aromatic amines is 1. The number of nitrogens with one attached hydrogen (secondary N) is 2. The fraction of sp³-hybridized carbons (Fsp3) is 0.364. The van der Waals surface area contributed by atoms with Crippen molar-refractivity contribution in [2.75, 3.05) is 25.6 Å². The largest absolute Gasteiger partial charge is 0.496 e. The van der Waals surface area contributed by atoms with Crippen LogP contribution in [0.15, 0.2) is 36.7 Å². The fourth-order valence-electron chi connectivity index (χ4n) is 3.62. The Kier molecular flexibility index (Phi) is 6.20. The summed E-state index contributed by atoms with van der Waals surface area (Å²) in [5, 5.41) is 10.4. The summed E-state index contributed by atoms with van der Waals surface area (Å²) in [6, 6.07) is 8.22. The maximum absolute atomic E-state index is 6.93. The van der Waals surface area contributed by atoms with Crippen LogP contribution in [0.25, 0.3) is 16.1 Å². The van der Waals surface area contributed by atoms with Crippen LogP contribution >= 0.6 is 0 Å². The van der Waals surface area contributed by atoms with E-state index in [2.05, 4.69) is 48.5 Å². The second-order valence-corrected chi connectivity index (χ2v) is 7.29. The number of ether oxygens (including phenoxy) is 2. The molecular formula is C22H24N6O2. The van der Waals surface area contributed by atoms with E-state index in [0.29, 0.717) is 11.6 Å². The molecule has 3 aromatic rings. The van der Waals surface area contributed by atoms with Crippen molar-refractivity contribution in [1.82, 2.24) is 20.2 Å². The van der Waals surface area contributed by atoms with Crippen molar-refractivity contribution in [3.8, 4) is 17.0 Å². The Labute approximate surface area is 175 Å². The van der Waals surface area contributed by atoms with Crippen molar-refractivity contribution in [3.63, 3.8) is 0 Å². The van der Waals surface area contributed by atoms with E-state index in [1.165, 1.54) is 24.4 Å². The number of benzene rings is 1. The van der Waals surface area contributed by atoms with E-state index < -0.39 is 0 Å². The molecule has 0 unspecified atom stereocenters. The molecule has 0 aliphatic carbocycles. The van der Waals surface area contributed by atoms with Crippen LogP contribution in [0.3, 0.4) is 0 Å². The summed E-state index contributed by atoms with van der Waals surface area (Å²) >= 11 is 0. The van der Waals surface area contributed by atoms with E-state index >= 15 is 0 Å². The van der Waals surface area contributed by atoms with E-state index in [0.717, 1.165) is 55.4 Å². The van der Waals surface area contributed by atoms with Crippen LogP contribution in [0, 0.1) is 12.5 Å². The maximum atomic E-state index is 6.93. The molecule has 4 rings (SSSR count). The number of hydrogen-bond acceptors (Lipinski definition) is 6. The van der Waals surface area contributed by atoms with Crippen molar-refractivity contribution in [2.45, 2.75) is 25.7 Å². The van der Waals surface area contributed by atoms with Gasteiger partial charge in [0.1, 0.15) is 5.75 Å². The summed E-state index contributed by atoms with van der Waals surface area (Å²) in [6.07, 6.45) is 7.46. The SMILES string of the molecule is [C-]#[N+]c1cnc(Nc2cc(-c3ccc(CCC4CCOCC4)cc3OC)[nH]n2)cn1. The Balaban J connectivity index is 1.44. The van der Waals surface area contributed by atoms with Gasteiger partial charge in [-0.15, -0.1) is 4.98 Å². The topological polar surface area (TPSA) is 89.3 Å². The molecule has 1 aliphatic heterocycles. The Morgan fingerprint density at radius 2 is 2.07 bits per heavy atom. The van der Waals surface area contributed by atoms with Gasteiger partial charge in [0.15, 0.2) is 17.8 Å². The standard InChI is InChI=1S/C22H24N6O2/c1-23-21-13-25-22(14-24-21)26-20-12-18(27-28-20)17-6-5-16(11-19(17)29-2)4-3-15-7-9-30-10-8-15/h5-6,11-15H,3-4,7-10H2,2H3,(H2,25,26,27,28). The molecule has 0 spiro atoms. The van der Waals surface area contributed by atoms with Gasteiger partial charge in [-0.05, 0) is 49.3 Å². The second kappa shape index (κ2) is 9.37. The molecule has 0 atom stereocenters. The minimum atomic E-state index is 0.255. The lowest BCUT2D eigenvalue weighted by Crippen LogP contribution is -2.16. The Bertz CT molecular complexity index is 1020. The predicted molar refractivity (Wildman–Crippen MR) is 114 cm³/mol. The minimum absolute atomic E-state index is 0.255. The van der Waals surface area contributed by atoms with Gasteiger partial charge < -0.3 is 19.6 Å². The van der Waals surface area contributed by atoms with E-state index in [4.69, 9.17) is 16.0 Å². The van der Waals surface area contributed by atoms with Gasteiger partial charge in [-0.2, -0.15) is 5.10 Å². The van der Waals surface area contributed by atoms with Crippen LogP contribution in [-0.4, -0.2) is 40.5 Å². The van der Waals surface area contributed by atoms with Crippen molar-refractivity contribution < 1.29 is 9.47 Å². The van der Waals surface area contributed by atoms with Crippen LogP contribution in [0.2, 0.25) is 0 Å². The molecule has 1 aromatic carbocycles. The number of anilines is 2. The first-order chi connectivity index (χ1) is 14.7. The zero-order valence-electron chi connectivity index (χ0n) is 16.9. The molecule has 1 fully saturated rings. The molecule has 154 valence electrons. The Hall–Kier alpha value is -3.44. The lowest BCUT2D eigenvalue weighted by Gasteiger charge is -2.22. The molecule has 2 N–H and O–H groups in total. The highest BCUT2D eigenvalue weighted by atomic mass is 16.5. The summed E-state index contributed by atoms with van der Waals surface area (Å²) in [7, 11) is 1.69. The van der Waals surface area contributed by atoms with E-state index in [1.54, 1.807) is 7.11 Å². The first-order valence-corrected chi connectivity index (χ1v) is 10.0. The van der Waals surface area contributed by atoms with Crippen LogP contribution in [0.1, 0.15) is 24.8 Å². The number of H-pyrrole nitrogens is 1. The molecule has 1 aliphatic rings. The number of rotatable bonds is 7. The highest BCUT2D eigenvalue weighted by Crippen LogP contribution is 2.32. The van der Waals surface area contributed by atoms with Crippen molar-refractivity contribution in [1.29, 1.82) is 0 Å². The summed E-state index contributed by atoms with van der Waals surface area (Å²) in [4.78, 5) is 11.4. The van der Waals surface area contributed by atoms with Crippen molar-refractivity contribution >= 4 is 17.5 Å². The summed E-state index contributed by atoms with van der Waals surface area (Å²) < 4.78 is 11.1. The van der Waals surface area contributed by atoms with Gasteiger partial charge in [-0.1, -0.05) is 12.6 Å². The summed E-state index contributed by atoms with van der Waals surface area (Å²) in [5.41, 5.74) is 3.06. The van der Waals surface area contributed by atoms with Crippen LogP contribution in [0.4, 0.5) is 17.5 Å². The zero-order chi connectivity index (χ0) is 20.8. The minimum Gasteiger partial charge on any atom is -0.496 e. The molecular weight excluding hydrogens is 380 g/mol. The summed E-state index contributed by atoms with van der Waals surface area (Å²) in [5.74, 6) is 2.95. The van der Waals surface area contributed by atoms with Gasteiger partial charge in [0.05, 0.1) is 19.0 Å². The first kappa shape index (κ1) is 19.9. The Morgan fingerprint density at radius 1 is 1.20 bits per heavy atom. The number of hydrogen-bond donors (Lipinski definition) is 2. The molecule has 0 radical (unpaired) electrons. The van der Waals surface area contributed by atoms with Gasteiger partial charge in [-0.3, -0.25) is 5.10 Å². The van der Waals surface area contributed by atoms with E-state index in [1.807, 2.05) is 6.07 Å². The van der Waals surface area contributed by atoms with Crippen LogP contribution in [-0.2, 0) is 11.2 Å². The molecule has 8 nitrogen and oxygen atoms in total. The van der Waals surface area contributed by atoms with Crippen LogP contribution in [0.5, 0.6) is 5.75 Å². The highest BCUT2D eigenvalue weighted by Gasteiger charge is 2.15. The smallest absolute Gasteiger partial charge is 0.288 e. The third kappa shape index (κ3) is 4.75. The van der Waals surface area contributed by atoms with Crippen molar-refractivity contribution in [3.05, 3.63) is 53.6 Å².